The zero-order chi connectivity index (χ0) is 18.4. The molecule has 0 amide bonds. The molecule has 1 aliphatic rings. The molecule has 0 spiro atoms. The van der Waals surface area contributed by atoms with Crippen molar-refractivity contribution in [2.45, 2.75) is 38.1 Å². The summed E-state index contributed by atoms with van der Waals surface area (Å²) in [6.07, 6.45) is 0.600. The fourth-order valence-electron chi connectivity index (χ4n) is 2.78. The van der Waals surface area contributed by atoms with Crippen molar-refractivity contribution in [2.75, 3.05) is 13.2 Å². The van der Waals surface area contributed by atoms with Gasteiger partial charge in [0.25, 0.3) is 0 Å². The number of hydrogen-bond acceptors (Lipinski definition) is 6. The number of aliphatic carboxylic acids is 1. The van der Waals surface area contributed by atoms with Gasteiger partial charge in [-0.1, -0.05) is 6.92 Å². The second kappa shape index (κ2) is 7.99. The Morgan fingerprint density at radius 3 is 2.68 bits per heavy atom. The number of carboxylic acid groups (broad SMARTS) is 1. The average Bonchev–Trinajstić information content (AvgIpc) is 2.63. The molecular formula is C18H22N2O5. The summed E-state index contributed by atoms with van der Waals surface area (Å²) in [7, 11) is 0. The van der Waals surface area contributed by atoms with Crippen molar-refractivity contribution in [1.29, 1.82) is 5.26 Å². The van der Waals surface area contributed by atoms with Crippen LogP contribution >= 0.6 is 0 Å². The highest BCUT2D eigenvalue weighted by Gasteiger charge is 2.39. The van der Waals surface area contributed by atoms with Gasteiger partial charge in [-0.15, -0.1) is 0 Å². The summed E-state index contributed by atoms with van der Waals surface area (Å²) < 4.78 is 10.9. The number of nitrogens with two attached hydrogens (primary N) is 1. The lowest BCUT2D eigenvalue weighted by atomic mass is 9.79. The zero-order valence-corrected chi connectivity index (χ0v) is 14.2. The highest BCUT2D eigenvalue weighted by Crippen LogP contribution is 2.32. The number of carbonyl (C=O) groups is 2. The maximum atomic E-state index is 12.4. The lowest BCUT2D eigenvalue weighted by molar-refractivity contribution is -0.145. The van der Waals surface area contributed by atoms with Gasteiger partial charge in [0.05, 0.1) is 6.07 Å². The summed E-state index contributed by atoms with van der Waals surface area (Å²) in [6, 6.07) is 6.90. The molecule has 0 fully saturated rings. The van der Waals surface area contributed by atoms with Gasteiger partial charge in [0.15, 0.2) is 17.3 Å². The van der Waals surface area contributed by atoms with Gasteiger partial charge >= 0.3 is 5.97 Å². The van der Waals surface area contributed by atoms with Crippen LogP contribution in [0.1, 0.15) is 43.0 Å². The standard InChI is InChI=1S/C18H22N2O5/c1-12(3-2-8-19)18(20,17(22)23)7-6-14(21)13-4-5-15-16(11-13)25-10-9-24-15/h4-5,11-12H,2-3,6-7,9-10,20H2,1H3,(H,22,23)/t12-,18-/m0/s1. The smallest absolute Gasteiger partial charge is 0.323 e. The summed E-state index contributed by atoms with van der Waals surface area (Å²) in [5, 5.41) is 18.2. The number of rotatable bonds is 8. The fraction of sp³-hybridized carbons (Fsp3) is 0.500. The SMILES string of the molecule is C[C@@H](CCC#N)[C@@](N)(CCC(=O)c1ccc2c(c1)OCCO2)C(=O)O. The normalized spacial score (nSPS) is 16.4. The summed E-state index contributed by atoms with van der Waals surface area (Å²) in [5.74, 6) is -0.686. The molecule has 0 aromatic heterocycles. The number of nitrogens with zero attached hydrogens (tertiary/aromatic N) is 1. The van der Waals surface area contributed by atoms with Crippen LogP contribution in [0.15, 0.2) is 18.2 Å². The Labute approximate surface area is 146 Å². The Balaban J connectivity index is 2.06. The van der Waals surface area contributed by atoms with Crippen molar-refractivity contribution in [3.8, 4) is 17.6 Å². The predicted molar refractivity (Wildman–Crippen MR) is 89.6 cm³/mol. The molecule has 0 aliphatic carbocycles. The maximum absolute atomic E-state index is 12.4. The van der Waals surface area contributed by atoms with E-state index < -0.39 is 17.4 Å². The van der Waals surface area contributed by atoms with E-state index in [1.54, 1.807) is 25.1 Å². The summed E-state index contributed by atoms with van der Waals surface area (Å²) in [6.45, 7) is 2.58. The first-order valence-corrected chi connectivity index (χ1v) is 8.20. The molecular weight excluding hydrogens is 324 g/mol. The van der Waals surface area contributed by atoms with Gasteiger partial charge in [-0.2, -0.15) is 5.26 Å². The van der Waals surface area contributed by atoms with Crippen LogP contribution in [0, 0.1) is 17.2 Å². The van der Waals surface area contributed by atoms with Crippen molar-refractivity contribution in [1.82, 2.24) is 0 Å². The van der Waals surface area contributed by atoms with Crippen LogP contribution in [-0.4, -0.2) is 35.6 Å². The van der Waals surface area contributed by atoms with E-state index in [0.717, 1.165) is 0 Å². The molecule has 0 bridgehead atoms. The van der Waals surface area contributed by atoms with Crippen LogP contribution in [0.5, 0.6) is 11.5 Å². The molecule has 134 valence electrons. The van der Waals surface area contributed by atoms with Gasteiger partial charge < -0.3 is 20.3 Å². The first-order valence-electron chi connectivity index (χ1n) is 8.20. The topological polar surface area (TPSA) is 123 Å². The number of carboxylic acids is 1. The van der Waals surface area contributed by atoms with E-state index in [-0.39, 0.29) is 25.0 Å². The number of carbonyl (C=O) groups excluding carboxylic acids is 1. The first kappa shape index (κ1) is 18.7. The number of ketones is 1. The number of nitriles is 1. The van der Waals surface area contributed by atoms with Crippen molar-refractivity contribution in [2.24, 2.45) is 11.7 Å². The van der Waals surface area contributed by atoms with Gasteiger partial charge in [-0.3, -0.25) is 9.59 Å². The number of hydrogen-bond donors (Lipinski definition) is 2. The van der Waals surface area contributed by atoms with Crippen LogP contribution < -0.4 is 15.2 Å². The molecule has 0 radical (unpaired) electrons. The summed E-state index contributed by atoms with van der Waals surface area (Å²) >= 11 is 0. The molecule has 2 rings (SSSR count). The quantitative estimate of drug-likeness (QED) is 0.691. The summed E-state index contributed by atoms with van der Waals surface area (Å²) in [4.78, 5) is 24.0. The molecule has 0 saturated carbocycles. The van der Waals surface area contributed by atoms with Crippen LogP contribution in [0.2, 0.25) is 0 Å². The van der Waals surface area contributed by atoms with Gasteiger partial charge in [0, 0.05) is 18.4 Å². The van der Waals surface area contributed by atoms with E-state index in [4.69, 9.17) is 20.5 Å². The van der Waals surface area contributed by atoms with Crippen LogP contribution in [0.4, 0.5) is 0 Å². The second-order valence-electron chi connectivity index (χ2n) is 6.22. The van der Waals surface area contributed by atoms with Crippen LogP contribution in [-0.2, 0) is 4.79 Å². The highest BCUT2D eigenvalue weighted by molar-refractivity contribution is 5.97. The van der Waals surface area contributed by atoms with Crippen molar-refractivity contribution < 1.29 is 24.2 Å². The third-order valence-corrected chi connectivity index (χ3v) is 4.60. The average molecular weight is 346 g/mol. The minimum absolute atomic E-state index is 0.000657. The van der Waals surface area contributed by atoms with E-state index in [1.807, 2.05) is 6.07 Å². The van der Waals surface area contributed by atoms with E-state index >= 15 is 0 Å². The minimum Gasteiger partial charge on any atom is -0.486 e. The molecule has 7 heteroatoms. The Morgan fingerprint density at radius 2 is 2.04 bits per heavy atom. The lowest BCUT2D eigenvalue weighted by Crippen LogP contribution is -2.53. The number of benzene rings is 1. The molecule has 0 saturated heterocycles. The van der Waals surface area contributed by atoms with E-state index in [9.17, 15) is 14.7 Å². The molecule has 1 heterocycles. The minimum atomic E-state index is -1.54. The van der Waals surface area contributed by atoms with Gasteiger partial charge in [0.2, 0.25) is 0 Å². The fourth-order valence-corrected chi connectivity index (χ4v) is 2.78. The van der Waals surface area contributed by atoms with Crippen molar-refractivity contribution >= 4 is 11.8 Å². The molecule has 25 heavy (non-hydrogen) atoms. The molecule has 1 aromatic carbocycles. The monoisotopic (exact) mass is 346 g/mol. The zero-order valence-electron chi connectivity index (χ0n) is 14.2. The number of Topliss-reactive ketones (excluding diaryl/α,β-unsaturated/α-hetero) is 1. The van der Waals surface area contributed by atoms with Gasteiger partial charge in [0.1, 0.15) is 18.8 Å². The molecule has 1 aromatic rings. The van der Waals surface area contributed by atoms with Gasteiger partial charge in [-0.25, -0.2) is 0 Å². The second-order valence-corrected chi connectivity index (χ2v) is 6.22. The Kier molecular flexibility index (Phi) is 5.99. The number of fused-ring (bicyclic) bond motifs is 1. The van der Waals surface area contributed by atoms with Crippen molar-refractivity contribution in [3.05, 3.63) is 23.8 Å². The Bertz CT molecular complexity index is 697. The Morgan fingerprint density at radius 1 is 1.36 bits per heavy atom. The summed E-state index contributed by atoms with van der Waals surface area (Å²) in [5.41, 5.74) is 4.95. The largest absolute Gasteiger partial charge is 0.486 e. The van der Waals surface area contributed by atoms with E-state index in [2.05, 4.69) is 0 Å². The third-order valence-electron chi connectivity index (χ3n) is 4.60. The third kappa shape index (κ3) is 4.28. The van der Waals surface area contributed by atoms with Gasteiger partial charge in [-0.05, 0) is 37.0 Å². The lowest BCUT2D eigenvalue weighted by Gasteiger charge is -2.30. The van der Waals surface area contributed by atoms with E-state index in [0.29, 0.717) is 36.7 Å². The molecule has 3 N–H and O–H groups in total. The van der Waals surface area contributed by atoms with Crippen molar-refractivity contribution in [3.63, 3.8) is 0 Å². The van der Waals surface area contributed by atoms with Crippen LogP contribution in [0.25, 0.3) is 0 Å². The Hall–Kier alpha value is -2.59. The molecule has 2 atom stereocenters. The highest BCUT2D eigenvalue weighted by atomic mass is 16.6. The maximum Gasteiger partial charge on any atom is 0.323 e. The molecule has 0 unspecified atom stereocenters. The first-order chi connectivity index (χ1) is 11.9. The molecule has 1 aliphatic heterocycles. The van der Waals surface area contributed by atoms with E-state index in [1.165, 1.54) is 0 Å². The predicted octanol–water partition coefficient (Wildman–Crippen LogP) is 2.14. The number of ether oxygens (including phenoxy) is 2. The van der Waals surface area contributed by atoms with Crippen LogP contribution in [0.3, 0.4) is 0 Å². The molecule has 7 nitrogen and oxygen atoms in total.